The van der Waals surface area contributed by atoms with Gasteiger partial charge in [0.2, 0.25) is 5.89 Å². The summed E-state index contributed by atoms with van der Waals surface area (Å²) in [5.74, 6) is 1.56. The average molecular weight is 224 g/mol. The first-order valence-electron chi connectivity index (χ1n) is 6.00. The third-order valence-corrected chi connectivity index (χ3v) is 3.08. The van der Waals surface area contributed by atoms with Crippen LogP contribution in [0.3, 0.4) is 0 Å². The summed E-state index contributed by atoms with van der Waals surface area (Å²) in [5, 5.41) is 10.6. The van der Waals surface area contributed by atoms with E-state index in [1.165, 1.54) is 12.8 Å². The topological polar surface area (TPSA) is 63.0 Å². The van der Waals surface area contributed by atoms with E-state index in [9.17, 15) is 0 Å². The molecule has 0 bridgehead atoms. The quantitative estimate of drug-likeness (QED) is 0.763. The van der Waals surface area contributed by atoms with Crippen LogP contribution in [-0.2, 0) is 12.8 Å². The number of nitrogens with one attached hydrogen (secondary N) is 2. The number of hydrogen-bond acceptors (Lipinski definition) is 5. The summed E-state index contributed by atoms with van der Waals surface area (Å²) in [6.45, 7) is 3.22. The molecule has 90 valence electrons. The molecule has 0 spiro atoms. The molecule has 2 unspecified atom stereocenters. The van der Waals surface area contributed by atoms with Gasteiger partial charge in [0.15, 0.2) is 5.82 Å². The largest absolute Gasteiger partial charge is 0.339 e. The molecule has 1 aromatic rings. The summed E-state index contributed by atoms with van der Waals surface area (Å²) in [4.78, 5) is 4.40. The van der Waals surface area contributed by atoms with Gasteiger partial charge in [0.25, 0.3) is 0 Å². The number of aromatic nitrogens is 2. The van der Waals surface area contributed by atoms with Crippen LogP contribution in [0.4, 0.5) is 0 Å². The normalized spacial score (nSPS) is 22.5. The lowest BCUT2D eigenvalue weighted by molar-refractivity contribution is 0.358. The highest BCUT2D eigenvalue weighted by Crippen LogP contribution is 2.11. The molecule has 1 aromatic heterocycles. The van der Waals surface area contributed by atoms with E-state index in [1.807, 2.05) is 7.05 Å². The highest BCUT2D eigenvalue weighted by molar-refractivity contribution is 4.92. The second-order valence-electron chi connectivity index (χ2n) is 4.50. The van der Waals surface area contributed by atoms with E-state index < -0.39 is 0 Å². The van der Waals surface area contributed by atoms with E-state index in [1.54, 1.807) is 0 Å². The van der Waals surface area contributed by atoms with Crippen molar-refractivity contribution in [2.45, 2.75) is 44.7 Å². The van der Waals surface area contributed by atoms with Crippen LogP contribution < -0.4 is 10.6 Å². The molecular formula is C11H20N4O. The van der Waals surface area contributed by atoms with Crippen LogP contribution in [0.2, 0.25) is 0 Å². The molecular weight excluding hydrogens is 204 g/mol. The summed E-state index contributed by atoms with van der Waals surface area (Å²) in [6, 6.07) is 0.907. The van der Waals surface area contributed by atoms with E-state index >= 15 is 0 Å². The van der Waals surface area contributed by atoms with Crippen molar-refractivity contribution in [1.29, 1.82) is 0 Å². The molecule has 1 fully saturated rings. The van der Waals surface area contributed by atoms with E-state index in [-0.39, 0.29) is 0 Å². The van der Waals surface area contributed by atoms with Gasteiger partial charge in [-0.2, -0.15) is 4.98 Å². The number of rotatable bonds is 5. The highest BCUT2D eigenvalue weighted by atomic mass is 16.5. The van der Waals surface area contributed by atoms with Crippen molar-refractivity contribution in [3.05, 3.63) is 11.7 Å². The van der Waals surface area contributed by atoms with Crippen LogP contribution in [0.15, 0.2) is 4.52 Å². The SMILES string of the molecule is CNC(C)Cc1noc(CC2CCCN2)n1. The summed E-state index contributed by atoms with van der Waals surface area (Å²) in [7, 11) is 1.94. The Morgan fingerprint density at radius 1 is 1.62 bits per heavy atom. The molecule has 1 aliphatic rings. The fraction of sp³-hybridized carbons (Fsp3) is 0.818. The molecule has 5 nitrogen and oxygen atoms in total. The van der Waals surface area contributed by atoms with Crippen LogP contribution in [0.25, 0.3) is 0 Å². The highest BCUT2D eigenvalue weighted by Gasteiger charge is 2.18. The third-order valence-electron chi connectivity index (χ3n) is 3.08. The number of likely N-dealkylation sites (N-methyl/N-ethyl adjacent to an activating group) is 1. The zero-order valence-electron chi connectivity index (χ0n) is 9.99. The third kappa shape index (κ3) is 3.02. The Morgan fingerprint density at radius 2 is 2.50 bits per heavy atom. The summed E-state index contributed by atoms with van der Waals surface area (Å²) in [6.07, 6.45) is 4.14. The minimum Gasteiger partial charge on any atom is -0.339 e. The average Bonchev–Trinajstić information content (AvgIpc) is 2.91. The summed E-state index contributed by atoms with van der Waals surface area (Å²) >= 11 is 0. The maximum Gasteiger partial charge on any atom is 0.228 e. The molecule has 16 heavy (non-hydrogen) atoms. The lowest BCUT2D eigenvalue weighted by Crippen LogP contribution is -2.24. The van der Waals surface area contributed by atoms with Gasteiger partial charge in [-0.05, 0) is 33.4 Å². The smallest absolute Gasteiger partial charge is 0.228 e. The van der Waals surface area contributed by atoms with Crippen LogP contribution in [0, 0.1) is 0 Å². The monoisotopic (exact) mass is 224 g/mol. The molecule has 0 aromatic carbocycles. The van der Waals surface area contributed by atoms with Crippen molar-refractivity contribution >= 4 is 0 Å². The fourth-order valence-electron chi connectivity index (χ4n) is 1.97. The summed E-state index contributed by atoms with van der Waals surface area (Å²) in [5.41, 5.74) is 0. The molecule has 2 heterocycles. The van der Waals surface area contributed by atoms with Crippen molar-refractivity contribution < 1.29 is 4.52 Å². The Kier molecular flexibility index (Phi) is 3.90. The Balaban J connectivity index is 1.86. The second kappa shape index (κ2) is 5.41. The molecule has 1 saturated heterocycles. The van der Waals surface area contributed by atoms with Gasteiger partial charge in [0.05, 0.1) is 0 Å². The van der Waals surface area contributed by atoms with Gasteiger partial charge in [0.1, 0.15) is 0 Å². The number of hydrogen-bond donors (Lipinski definition) is 2. The van der Waals surface area contributed by atoms with Gasteiger partial charge in [-0.3, -0.25) is 0 Å². The molecule has 2 N–H and O–H groups in total. The van der Waals surface area contributed by atoms with E-state index in [4.69, 9.17) is 4.52 Å². The molecule has 0 radical (unpaired) electrons. The Labute approximate surface area is 96.0 Å². The van der Waals surface area contributed by atoms with Crippen molar-refractivity contribution in [1.82, 2.24) is 20.8 Å². The summed E-state index contributed by atoms with van der Waals surface area (Å²) < 4.78 is 5.24. The molecule has 5 heteroatoms. The van der Waals surface area contributed by atoms with Crippen molar-refractivity contribution in [3.63, 3.8) is 0 Å². The maximum absolute atomic E-state index is 5.24. The Bertz CT molecular complexity index is 320. The molecule has 2 atom stereocenters. The van der Waals surface area contributed by atoms with Gasteiger partial charge < -0.3 is 15.2 Å². The van der Waals surface area contributed by atoms with Gasteiger partial charge in [-0.1, -0.05) is 5.16 Å². The molecule has 2 rings (SSSR count). The minimum absolute atomic E-state index is 0.384. The van der Waals surface area contributed by atoms with Crippen LogP contribution in [0.5, 0.6) is 0 Å². The van der Waals surface area contributed by atoms with Crippen molar-refractivity contribution in [2.24, 2.45) is 0 Å². The van der Waals surface area contributed by atoms with Crippen molar-refractivity contribution in [3.8, 4) is 0 Å². The predicted molar refractivity (Wildman–Crippen MR) is 61.3 cm³/mol. The predicted octanol–water partition coefficient (Wildman–Crippen LogP) is 0.514. The minimum atomic E-state index is 0.384. The first kappa shape index (κ1) is 11.5. The zero-order valence-corrected chi connectivity index (χ0v) is 9.99. The second-order valence-corrected chi connectivity index (χ2v) is 4.50. The molecule has 0 saturated carbocycles. The van der Waals surface area contributed by atoms with Gasteiger partial charge in [0, 0.05) is 24.9 Å². The fourth-order valence-corrected chi connectivity index (χ4v) is 1.97. The lowest BCUT2D eigenvalue weighted by atomic mass is 10.1. The van der Waals surface area contributed by atoms with Crippen LogP contribution >= 0.6 is 0 Å². The van der Waals surface area contributed by atoms with E-state index in [2.05, 4.69) is 27.7 Å². The van der Waals surface area contributed by atoms with Gasteiger partial charge in [-0.25, -0.2) is 0 Å². The van der Waals surface area contributed by atoms with Gasteiger partial charge >= 0.3 is 0 Å². The van der Waals surface area contributed by atoms with E-state index in [0.29, 0.717) is 12.1 Å². The van der Waals surface area contributed by atoms with Crippen LogP contribution in [-0.4, -0.2) is 35.8 Å². The zero-order chi connectivity index (χ0) is 11.4. The maximum atomic E-state index is 5.24. The molecule has 1 aliphatic heterocycles. The standard InChI is InChI=1S/C11H20N4O/c1-8(12-2)6-10-14-11(16-15-10)7-9-4-3-5-13-9/h8-9,12-13H,3-7H2,1-2H3. The van der Waals surface area contributed by atoms with Crippen molar-refractivity contribution in [2.75, 3.05) is 13.6 Å². The van der Waals surface area contributed by atoms with E-state index in [0.717, 1.165) is 31.1 Å². The van der Waals surface area contributed by atoms with Gasteiger partial charge in [-0.15, -0.1) is 0 Å². The molecule has 0 aliphatic carbocycles. The lowest BCUT2D eigenvalue weighted by Gasteiger charge is -2.05. The first-order chi connectivity index (χ1) is 7.78. The first-order valence-corrected chi connectivity index (χ1v) is 6.00. The molecule has 0 amide bonds. The Morgan fingerprint density at radius 3 is 3.19 bits per heavy atom. The number of nitrogens with zero attached hydrogens (tertiary/aromatic N) is 2. The van der Waals surface area contributed by atoms with Crippen LogP contribution in [0.1, 0.15) is 31.5 Å². The Hall–Kier alpha value is -0.940.